The van der Waals surface area contributed by atoms with Crippen LogP contribution in [0.3, 0.4) is 0 Å². The largest absolute Gasteiger partial charge is 0.495 e. The van der Waals surface area contributed by atoms with E-state index in [1.54, 1.807) is 30.3 Å². The Balaban J connectivity index is 1.58. The second kappa shape index (κ2) is 8.29. The van der Waals surface area contributed by atoms with Crippen molar-refractivity contribution < 1.29 is 22.4 Å². The maximum atomic E-state index is 12.9. The fourth-order valence-electron chi connectivity index (χ4n) is 3.55. The van der Waals surface area contributed by atoms with Gasteiger partial charge in [0.15, 0.2) is 0 Å². The third-order valence-corrected chi connectivity index (χ3v) is 7.33. The fourth-order valence-corrected chi connectivity index (χ4v) is 4.76. The van der Waals surface area contributed by atoms with Crippen LogP contribution in [0.1, 0.15) is 11.1 Å². The van der Waals surface area contributed by atoms with Gasteiger partial charge < -0.3 is 14.5 Å². The van der Waals surface area contributed by atoms with Crippen LogP contribution in [0, 0.1) is 13.8 Å². The molecule has 0 fully saturated rings. The van der Waals surface area contributed by atoms with Crippen LogP contribution in [0.5, 0.6) is 5.75 Å². The quantitative estimate of drug-likeness (QED) is 0.466. The van der Waals surface area contributed by atoms with E-state index in [2.05, 4.69) is 5.32 Å². The predicted molar refractivity (Wildman–Crippen MR) is 125 cm³/mol. The minimum absolute atomic E-state index is 0.150. The molecule has 0 saturated heterocycles. The highest BCUT2D eigenvalue weighted by molar-refractivity contribution is 7.89. The van der Waals surface area contributed by atoms with Crippen LogP contribution in [-0.2, 0) is 14.8 Å². The van der Waals surface area contributed by atoms with E-state index >= 15 is 0 Å². The molecule has 1 amide bonds. The number of methoxy groups -OCH3 is 1. The number of sulfonamides is 1. The van der Waals surface area contributed by atoms with Crippen LogP contribution in [0.4, 0.5) is 5.69 Å². The monoisotopic (exact) mass is 452 g/mol. The van der Waals surface area contributed by atoms with E-state index in [0.29, 0.717) is 17.0 Å². The Morgan fingerprint density at radius 2 is 1.75 bits per heavy atom. The number of anilines is 1. The number of benzene rings is 3. The summed E-state index contributed by atoms with van der Waals surface area (Å²) in [6.07, 6.45) is 0. The van der Waals surface area contributed by atoms with E-state index < -0.39 is 15.9 Å². The van der Waals surface area contributed by atoms with Gasteiger partial charge in [-0.3, -0.25) is 4.79 Å². The van der Waals surface area contributed by atoms with E-state index in [0.717, 1.165) is 31.8 Å². The van der Waals surface area contributed by atoms with Crippen molar-refractivity contribution in [1.29, 1.82) is 0 Å². The minimum Gasteiger partial charge on any atom is -0.495 e. The maximum absolute atomic E-state index is 12.9. The number of para-hydroxylation sites is 1. The molecule has 0 unspecified atom stereocenters. The molecule has 7 nitrogen and oxygen atoms in total. The Morgan fingerprint density at radius 1 is 1.00 bits per heavy atom. The molecule has 0 spiro atoms. The number of rotatable bonds is 6. The van der Waals surface area contributed by atoms with Gasteiger partial charge in [0.25, 0.3) is 0 Å². The van der Waals surface area contributed by atoms with E-state index in [4.69, 9.17) is 9.15 Å². The molecular formula is C24H24N2O5S. The summed E-state index contributed by atoms with van der Waals surface area (Å²) in [7, 11) is -0.922. The van der Waals surface area contributed by atoms with Crippen LogP contribution >= 0.6 is 0 Å². The van der Waals surface area contributed by atoms with Gasteiger partial charge in [0.2, 0.25) is 15.9 Å². The van der Waals surface area contributed by atoms with Crippen molar-refractivity contribution >= 4 is 43.6 Å². The summed E-state index contributed by atoms with van der Waals surface area (Å²) in [6.45, 7) is 3.41. The standard InChI is InChI=1S/C24H24N2O5S/c1-15-9-10-17(11-16(15)2)32(28,29)26(3)14-24(27)25-20-13-22-19(12-23(20)30-4)18-7-5-6-8-21(18)31-22/h5-13H,14H2,1-4H3,(H,25,27). The third-order valence-electron chi connectivity index (χ3n) is 5.53. The Kier molecular flexibility index (Phi) is 5.66. The molecule has 0 saturated carbocycles. The smallest absolute Gasteiger partial charge is 0.243 e. The van der Waals surface area contributed by atoms with Gasteiger partial charge in [0.1, 0.15) is 16.9 Å². The van der Waals surface area contributed by atoms with Crippen LogP contribution in [0.15, 0.2) is 63.9 Å². The highest BCUT2D eigenvalue weighted by atomic mass is 32.2. The van der Waals surface area contributed by atoms with Gasteiger partial charge in [-0.25, -0.2) is 8.42 Å². The first-order valence-electron chi connectivity index (χ1n) is 10.0. The van der Waals surface area contributed by atoms with Crippen LogP contribution in [0.25, 0.3) is 21.9 Å². The molecule has 1 heterocycles. The lowest BCUT2D eigenvalue weighted by Crippen LogP contribution is -2.35. The lowest BCUT2D eigenvalue weighted by molar-refractivity contribution is -0.116. The summed E-state index contributed by atoms with van der Waals surface area (Å²) in [5.74, 6) is -0.0363. The summed E-state index contributed by atoms with van der Waals surface area (Å²) in [5, 5.41) is 4.55. The molecule has 0 atom stereocenters. The molecular weight excluding hydrogens is 428 g/mol. The number of hydrogen-bond donors (Lipinski definition) is 1. The number of carbonyl (C=O) groups excluding carboxylic acids is 1. The molecule has 1 aromatic heterocycles. The molecule has 0 aliphatic rings. The summed E-state index contributed by atoms with van der Waals surface area (Å²) in [4.78, 5) is 12.8. The van der Waals surface area contributed by atoms with Gasteiger partial charge in [-0.2, -0.15) is 4.31 Å². The normalized spacial score (nSPS) is 11.9. The number of nitrogens with one attached hydrogen (secondary N) is 1. The SMILES string of the molecule is COc1cc2c(cc1NC(=O)CN(C)S(=O)(=O)c1ccc(C)c(C)c1)oc1ccccc12. The first-order chi connectivity index (χ1) is 15.2. The molecule has 166 valence electrons. The van der Waals surface area contributed by atoms with Gasteiger partial charge in [-0.1, -0.05) is 24.3 Å². The number of fused-ring (bicyclic) bond motifs is 3. The van der Waals surface area contributed by atoms with E-state index in [1.165, 1.54) is 14.2 Å². The molecule has 1 N–H and O–H groups in total. The lowest BCUT2D eigenvalue weighted by Gasteiger charge is -2.18. The fraction of sp³-hybridized carbons (Fsp3) is 0.208. The molecule has 8 heteroatoms. The molecule has 0 radical (unpaired) electrons. The number of nitrogens with zero attached hydrogens (tertiary/aromatic N) is 1. The summed E-state index contributed by atoms with van der Waals surface area (Å²) in [5.41, 5.74) is 3.59. The van der Waals surface area contributed by atoms with Gasteiger partial charge in [-0.15, -0.1) is 0 Å². The predicted octanol–water partition coefficient (Wildman–Crippen LogP) is 4.47. The maximum Gasteiger partial charge on any atom is 0.243 e. The Bertz CT molecular complexity index is 1440. The molecule has 32 heavy (non-hydrogen) atoms. The van der Waals surface area contributed by atoms with Crippen LogP contribution in [0.2, 0.25) is 0 Å². The van der Waals surface area contributed by atoms with Crippen LogP contribution < -0.4 is 10.1 Å². The number of furan rings is 1. The third kappa shape index (κ3) is 3.94. The van der Waals surface area contributed by atoms with Crippen molar-refractivity contribution in [2.45, 2.75) is 18.7 Å². The molecule has 0 aliphatic carbocycles. The van der Waals surface area contributed by atoms with Gasteiger partial charge in [-0.05, 0) is 49.2 Å². The molecule has 0 aliphatic heterocycles. The Morgan fingerprint density at radius 3 is 2.47 bits per heavy atom. The number of carbonyl (C=O) groups is 1. The van der Waals surface area contributed by atoms with Gasteiger partial charge >= 0.3 is 0 Å². The van der Waals surface area contributed by atoms with Crippen molar-refractivity contribution in [3.05, 3.63) is 65.7 Å². The lowest BCUT2D eigenvalue weighted by atomic mass is 10.1. The number of hydrogen-bond acceptors (Lipinski definition) is 5. The number of ether oxygens (including phenoxy) is 1. The highest BCUT2D eigenvalue weighted by Crippen LogP contribution is 2.36. The molecule has 4 rings (SSSR count). The number of likely N-dealkylation sites (N-methyl/N-ethyl adjacent to an activating group) is 1. The summed E-state index contributed by atoms with van der Waals surface area (Å²) >= 11 is 0. The minimum atomic E-state index is -3.81. The average Bonchev–Trinajstić information content (AvgIpc) is 3.12. The number of amides is 1. The van der Waals surface area contributed by atoms with Crippen molar-refractivity contribution in [3.63, 3.8) is 0 Å². The van der Waals surface area contributed by atoms with E-state index in [1.807, 2.05) is 38.1 Å². The zero-order valence-corrected chi connectivity index (χ0v) is 19.1. The summed E-state index contributed by atoms with van der Waals surface area (Å²) in [6, 6.07) is 16.0. The number of aryl methyl sites for hydroxylation is 2. The highest BCUT2D eigenvalue weighted by Gasteiger charge is 2.24. The zero-order chi connectivity index (χ0) is 23.0. The van der Waals surface area contributed by atoms with Crippen molar-refractivity contribution in [2.75, 3.05) is 26.0 Å². The molecule has 3 aromatic carbocycles. The van der Waals surface area contributed by atoms with Gasteiger partial charge in [0, 0.05) is 23.9 Å². The van der Waals surface area contributed by atoms with Crippen molar-refractivity contribution in [2.24, 2.45) is 0 Å². The zero-order valence-electron chi connectivity index (χ0n) is 18.3. The summed E-state index contributed by atoms with van der Waals surface area (Å²) < 4.78 is 38.1. The first-order valence-corrected chi connectivity index (χ1v) is 11.5. The Hall–Kier alpha value is -3.36. The van der Waals surface area contributed by atoms with Crippen molar-refractivity contribution in [1.82, 2.24) is 4.31 Å². The average molecular weight is 453 g/mol. The topological polar surface area (TPSA) is 88.9 Å². The first kappa shape index (κ1) is 21.9. The van der Waals surface area contributed by atoms with Crippen molar-refractivity contribution in [3.8, 4) is 5.75 Å². The second-order valence-electron chi connectivity index (χ2n) is 7.70. The Labute approximate surface area is 186 Å². The van der Waals surface area contributed by atoms with Gasteiger partial charge in [0.05, 0.1) is 24.2 Å². The molecule has 4 aromatic rings. The van der Waals surface area contributed by atoms with E-state index in [-0.39, 0.29) is 11.4 Å². The van der Waals surface area contributed by atoms with Crippen LogP contribution in [-0.4, -0.2) is 39.3 Å². The van der Waals surface area contributed by atoms with E-state index in [9.17, 15) is 13.2 Å². The second-order valence-corrected chi connectivity index (χ2v) is 9.75. The molecule has 0 bridgehead atoms.